The Morgan fingerprint density at radius 1 is 1.12 bits per heavy atom. The lowest BCUT2D eigenvalue weighted by Gasteiger charge is -2.16. The first-order valence-corrected chi connectivity index (χ1v) is 8.16. The number of benzene rings is 1. The van der Waals surface area contributed by atoms with Crippen molar-refractivity contribution in [3.05, 3.63) is 53.3 Å². The number of amides is 1. The molecule has 0 unspecified atom stereocenters. The van der Waals surface area contributed by atoms with Crippen LogP contribution in [0, 0.1) is 25.7 Å². The molecule has 0 spiro atoms. The summed E-state index contributed by atoms with van der Waals surface area (Å²) in [6, 6.07) is 11.8. The first kappa shape index (κ1) is 16.3. The van der Waals surface area contributed by atoms with E-state index in [9.17, 15) is 14.7 Å². The van der Waals surface area contributed by atoms with Crippen LogP contribution in [0.2, 0.25) is 0 Å². The number of carbonyl (C=O) groups excluding carboxylic acids is 1. The number of para-hydroxylation sites is 1. The minimum Gasteiger partial charge on any atom is -0.481 e. The Bertz CT molecular complexity index is 779. The number of rotatable bonds is 3. The first-order valence-electron chi connectivity index (χ1n) is 8.16. The van der Waals surface area contributed by atoms with Crippen molar-refractivity contribution in [2.45, 2.75) is 20.8 Å². The van der Waals surface area contributed by atoms with Crippen LogP contribution in [0.1, 0.15) is 28.7 Å². The SMILES string of the molecule is Cc1cc(C(=O)N2C[C@@H](C)[C@H](C(=O)O)C2)c(C)n1-c1ccccc1. The summed E-state index contributed by atoms with van der Waals surface area (Å²) in [7, 11) is 0. The summed E-state index contributed by atoms with van der Waals surface area (Å²) >= 11 is 0. The number of aromatic nitrogens is 1. The van der Waals surface area contributed by atoms with E-state index in [0.717, 1.165) is 17.1 Å². The molecule has 1 saturated heterocycles. The molecule has 126 valence electrons. The number of hydrogen-bond donors (Lipinski definition) is 1. The zero-order valence-electron chi connectivity index (χ0n) is 14.2. The normalized spacial score (nSPS) is 20.4. The molecule has 1 amide bonds. The minimum atomic E-state index is -0.826. The van der Waals surface area contributed by atoms with Crippen molar-refractivity contribution in [1.82, 2.24) is 9.47 Å². The highest BCUT2D eigenvalue weighted by molar-refractivity contribution is 5.96. The maximum absolute atomic E-state index is 12.9. The standard InChI is InChI=1S/C19H22N2O3/c1-12-10-20(11-17(12)19(23)24)18(22)16-9-13(2)21(14(16)3)15-7-5-4-6-8-15/h4-9,12,17H,10-11H2,1-3H3,(H,23,24)/t12-,17-/m1/s1. The summed E-state index contributed by atoms with van der Waals surface area (Å²) < 4.78 is 2.06. The Kier molecular flexibility index (Phi) is 4.18. The van der Waals surface area contributed by atoms with Gasteiger partial charge in [0.15, 0.2) is 0 Å². The number of likely N-dealkylation sites (tertiary alicyclic amines) is 1. The second-order valence-electron chi connectivity index (χ2n) is 6.59. The van der Waals surface area contributed by atoms with Crippen molar-refractivity contribution >= 4 is 11.9 Å². The maximum atomic E-state index is 12.9. The van der Waals surface area contributed by atoms with E-state index in [0.29, 0.717) is 12.1 Å². The van der Waals surface area contributed by atoms with E-state index in [1.165, 1.54) is 0 Å². The van der Waals surface area contributed by atoms with Crippen LogP contribution in [0.5, 0.6) is 0 Å². The van der Waals surface area contributed by atoms with Gasteiger partial charge in [0, 0.05) is 30.2 Å². The molecule has 0 aliphatic carbocycles. The molecule has 5 nitrogen and oxygen atoms in total. The Hall–Kier alpha value is -2.56. The van der Waals surface area contributed by atoms with Crippen molar-refractivity contribution < 1.29 is 14.7 Å². The van der Waals surface area contributed by atoms with E-state index >= 15 is 0 Å². The van der Waals surface area contributed by atoms with Crippen molar-refractivity contribution in [3.63, 3.8) is 0 Å². The molecule has 2 aromatic rings. The topological polar surface area (TPSA) is 62.5 Å². The molecule has 1 fully saturated rings. The Morgan fingerprint density at radius 2 is 1.79 bits per heavy atom. The molecule has 0 bridgehead atoms. The summed E-state index contributed by atoms with van der Waals surface area (Å²) in [5.74, 6) is -1.41. The van der Waals surface area contributed by atoms with Crippen LogP contribution in [0.4, 0.5) is 0 Å². The van der Waals surface area contributed by atoms with Crippen molar-refractivity contribution in [1.29, 1.82) is 0 Å². The summed E-state index contributed by atoms with van der Waals surface area (Å²) in [5, 5.41) is 9.26. The summed E-state index contributed by atoms with van der Waals surface area (Å²) in [5.41, 5.74) is 3.54. The van der Waals surface area contributed by atoms with E-state index in [4.69, 9.17) is 0 Å². The molecule has 3 rings (SSSR count). The lowest BCUT2D eigenvalue weighted by atomic mass is 9.99. The Balaban J connectivity index is 1.91. The van der Waals surface area contributed by atoms with Crippen LogP contribution in [-0.2, 0) is 4.79 Å². The number of aliphatic carboxylic acids is 1. The van der Waals surface area contributed by atoms with Gasteiger partial charge in [-0.05, 0) is 38.0 Å². The lowest BCUT2D eigenvalue weighted by molar-refractivity contribution is -0.142. The molecular weight excluding hydrogens is 304 g/mol. The summed E-state index contributed by atoms with van der Waals surface area (Å²) in [6.45, 7) is 6.57. The van der Waals surface area contributed by atoms with Crippen molar-refractivity contribution in [2.24, 2.45) is 11.8 Å². The molecule has 1 aromatic carbocycles. The second kappa shape index (κ2) is 6.15. The van der Waals surface area contributed by atoms with Gasteiger partial charge in [-0.15, -0.1) is 0 Å². The molecule has 0 radical (unpaired) electrons. The molecule has 1 aliphatic heterocycles. The number of nitrogens with zero attached hydrogens (tertiary/aromatic N) is 2. The predicted molar refractivity (Wildman–Crippen MR) is 91.4 cm³/mol. The summed E-state index contributed by atoms with van der Waals surface area (Å²) in [6.07, 6.45) is 0. The zero-order valence-corrected chi connectivity index (χ0v) is 14.2. The van der Waals surface area contributed by atoms with E-state index in [2.05, 4.69) is 4.57 Å². The van der Waals surface area contributed by atoms with Crippen LogP contribution in [-0.4, -0.2) is 39.5 Å². The number of carboxylic acids is 1. The third-order valence-corrected chi connectivity index (χ3v) is 4.89. The van der Waals surface area contributed by atoms with Gasteiger partial charge >= 0.3 is 5.97 Å². The number of hydrogen-bond acceptors (Lipinski definition) is 2. The average molecular weight is 326 g/mol. The van der Waals surface area contributed by atoms with Crippen LogP contribution >= 0.6 is 0 Å². The molecular formula is C19H22N2O3. The fraction of sp³-hybridized carbons (Fsp3) is 0.368. The highest BCUT2D eigenvalue weighted by atomic mass is 16.4. The Labute approximate surface area is 141 Å². The molecule has 1 N–H and O–H groups in total. The largest absolute Gasteiger partial charge is 0.481 e. The predicted octanol–water partition coefficient (Wildman–Crippen LogP) is 2.89. The monoisotopic (exact) mass is 326 g/mol. The lowest BCUT2D eigenvalue weighted by Crippen LogP contribution is -2.30. The third-order valence-electron chi connectivity index (χ3n) is 4.89. The smallest absolute Gasteiger partial charge is 0.308 e. The van der Waals surface area contributed by atoms with Gasteiger partial charge in [-0.1, -0.05) is 25.1 Å². The molecule has 5 heteroatoms. The highest BCUT2D eigenvalue weighted by Crippen LogP contribution is 2.27. The molecule has 0 saturated carbocycles. The quantitative estimate of drug-likeness (QED) is 0.943. The van der Waals surface area contributed by atoms with E-state index < -0.39 is 11.9 Å². The number of aryl methyl sites for hydroxylation is 1. The van der Waals surface area contributed by atoms with Crippen LogP contribution in [0.25, 0.3) is 5.69 Å². The van der Waals surface area contributed by atoms with Gasteiger partial charge in [-0.25, -0.2) is 0 Å². The highest BCUT2D eigenvalue weighted by Gasteiger charge is 2.37. The van der Waals surface area contributed by atoms with Gasteiger partial charge in [0.25, 0.3) is 5.91 Å². The van der Waals surface area contributed by atoms with Crippen molar-refractivity contribution in [2.75, 3.05) is 13.1 Å². The van der Waals surface area contributed by atoms with E-state index in [1.54, 1.807) is 4.90 Å². The fourth-order valence-electron chi connectivity index (χ4n) is 3.58. The van der Waals surface area contributed by atoms with Crippen molar-refractivity contribution in [3.8, 4) is 5.69 Å². The van der Waals surface area contributed by atoms with Gasteiger partial charge in [0.05, 0.1) is 11.5 Å². The van der Waals surface area contributed by atoms with Crippen LogP contribution < -0.4 is 0 Å². The minimum absolute atomic E-state index is 0.0240. The van der Waals surface area contributed by atoms with Crippen LogP contribution in [0.3, 0.4) is 0 Å². The second-order valence-corrected chi connectivity index (χ2v) is 6.59. The number of carbonyl (C=O) groups is 2. The Morgan fingerprint density at radius 3 is 2.38 bits per heavy atom. The molecule has 1 aromatic heterocycles. The molecule has 2 atom stereocenters. The van der Waals surface area contributed by atoms with Gasteiger partial charge < -0.3 is 14.6 Å². The van der Waals surface area contributed by atoms with Gasteiger partial charge in [0.2, 0.25) is 0 Å². The first-order chi connectivity index (χ1) is 11.4. The summed E-state index contributed by atoms with van der Waals surface area (Å²) in [4.78, 5) is 25.8. The maximum Gasteiger partial charge on any atom is 0.308 e. The molecule has 2 heterocycles. The number of carboxylic acid groups (broad SMARTS) is 1. The fourth-order valence-corrected chi connectivity index (χ4v) is 3.58. The molecule has 24 heavy (non-hydrogen) atoms. The zero-order chi connectivity index (χ0) is 17.4. The van der Waals surface area contributed by atoms with Gasteiger partial charge in [0.1, 0.15) is 0 Å². The van der Waals surface area contributed by atoms with E-state index in [-0.39, 0.29) is 18.4 Å². The van der Waals surface area contributed by atoms with E-state index in [1.807, 2.05) is 57.2 Å². The van der Waals surface area contributed by atoms with Gasteiger partial charge in [-0.2, -0.15) is 0 Å². The van der Waals surface area contributed by atoms with Gasteiger partial charge in [-0.3, -0.25) is 9.59 Å². The average Bonchev–Trinajstić information content (AvgIpc) is 3.08. The third kappa shape index (κ3) is 2.70. The molecule has 1 aliphatic rings. The van der Waals surface area contributed by atoms with Crippen LogP contribution in [0.15, 0.2) is 36.4 Å².